The van der Waals surface area contributed by atoms with Crippen LogP contribution in [0.5, 0.6) is 0 Å². The van der Waals surface area contributed by atoms with Gasteiger partial charge in [0.1, 0.15) is 5.78 Å². The van der Waals surface area contributed by atoms with Crippen molar-refractivity contribution in [2.75, 3.05) is 0 Å². The van der Waals surface area contributed by atoms with E-state index in [0.717, 1.165) is 19.3 Å². The van der Waals surface area contributed by atoms with Crippen LogP contribution in [0.15, 0.2) is 23.3 Å². The standard InChI is InChI=1S/C24H34O2/c1-6-21(26)22-15(3)12-20-17-11-14(2)19-13-16(25)7-9-23(19,4)18(17)8-10-24(20,22)5/h8,13-15,17,20,22H,6-7,9-12H2,1-5H3/t14-,15+,17?,20?,22+,23+,24-/m0/s1. The summed E-state index contributed by atoms with van der Waals surface area (Å²) in [6.07, 6.45) is 10.2. The molecule has 142 valence electrons. The first-order valence-corrected chi connectivity index (χ1v) is 10.7. The summed E-state index contributed by atoms with van der Waals surface area (Å²) in [5.41, 5.74) is 3.19. The van der Waals surface area contributed by atoms with Crippen LogP contribution in [-0.4, -0.2) is 11.6 Å². The van der Waals surface area contributed by atoms with E-state index in [0.29, 0.717) is 48.1 Å². The molecule has 4 aliphatic carbocycles. The van der Waals surface area contributed by atoms with Gasteiger partial charge in [-0.1, -0.05) is 51.8 Å². The zero-order chi connectivity index (χ0) is 18.9. The fourth-order valence-electron chi connectivity index (χ4n) is 7.54. The molecule has 2 heteroatoms. The fraction of sp³-hybridized carbons (Fsp3) is 0.750. The first-order valence-electron chi connectivity index (χ1n) is 10.7. The quantitative estimate of drug-likeness (QED) is 0.611. The van der Waals surface area contributed by atoms with E-state index in [9.17, 15) is 9.59 Å². The van der Waals surface area contributed by atoms with Crippen molar-refractivity contribution in [3.8, 4) is 0 Å². The summed E-state index contributed by atoms with van der Waals surface area (Å²) < 4.78 is 0. The Kier molecular flexibility index (Phi) is 4.13. The molecule has 0 saturated heterocycles. The van der Waals surface area contributed by atoms with Crippen LogP contribution in [0.25, 0.3) is 0 Å². The van der Waals surface area contributed by atoms with E-state index in [-0.39, 0.29) is 16.7 Å². The number of Topliss-reactive ketones (excluding diaryl/α,β-unsaturated/α-hetero) is 1. The Morgan fingerprint density at radius 2 is 1.92 bits per heavy atom. The lowest BCUT2D eigenvalue weighted by Gasteiger charge is -2.55. The van der Waals surface area contributed by atoms with Crippen LogP contribution >= 0.6 is 0 Å². The van der Waals surface area contributed by atoms with E-state index in [1.165, 1.54) is 12.0 Å². The molecule has 0 N–H and O–H groups in total. The summed E-state index contributed by atoms with van der Waals surface area (Å²) >= 11 is 0. The Labute approximate surface area is 158 Å². The van der Waals surface area contributed by atoms with E-state index in [4.69, 9.17) is 0 Å². The number of rotatable bonds is 2. The van der Waals surface area contributed by atoms with E-state index < -0.39 is 0 Å². The molecule has 26 heavy (non-hydrogen) atoms. The second-order valence-corrected chi connectivity index (χ2v) is 10.1. The van der Waals surface area contributed by atoms with Gasteiger partial charge < -0.3 is 0 Å². The van der Waals surface area contributed by atoms with Gasteiger partial charge in [-0.05, 0) is 60.8 Å². The number of allylic oxidation sites excluding steroid dienone is 4. The third-order valence-corrected chi connectivity index (χ3v) is 8.70. The molecule has 0 amide bonds. The Bertz CT molecular complexity index is 714. The summed E-state index contributed by atoms with van der Waals surface area (Å²) in [5, 5.41) is 0. The van der Waals surface area contributed by atoms with Crippen LogP contribution in [0.2, 0.25) is 0 Å². The largest absolute Gasteiger partial charge is 0.299 e. The highest BCUT2D eigenvalue weighted by molar-refractivity contribution is 5.92. The number of hydrogen-bond donors (Lipinski definition) is 0. The molecule has 0 bridgehead atoms. The van der Waals surface area contributed by atoms with Crippen LogP contribution in [0, 0.1) is 40.4 Å². The lowest BCUT2D eigenvalue weighted by atomic mass is 9.49. The van der Waals surface area contributed by atoms with Gasteiger partial charge in [-0.3, -0.25) is 9.59 Å². The first-order chi connectivity index (χ1) is 12.2. The van der Waals surface area contributed by atoms with Gasteiger partial charge in [-0.2, -0.15) is 0 Å². The number of fused-ring (bicyclic) bond motifs is 5. The predicted molar refractivity (Wildman–Crippen MR) is 105 cm³/mol. The van der Waals surface area contributed by atoms with Crippen molar-refractivity contribution in [1.29, 1.82) is 0 Å². The minimum atomic E-state index is 0.0770. The molecular formula is C24H34O2. The minimum Gasteiger partial charge on any atom is -0.299 e. The molecule has 7 atom stereocenters. The molecule has 0 radical (unpaired) electrons. The highest BCUT2D eigenvalue weighted by atomic mass is 16.1. The summed E-state index contributed by atoms with van der Waals surface area (Å²) in [6, 6.07) is 0. The van der Waals surface area contributed by atoms with Crippen LogP contribution in [0.1, 0.15) is 73.1 Å². The van der Waals surface area contributed by atoms with Crippen molar-refractivity contribution in [2.24, 2.45) is 40.4 Å². The van der Waals surface area contributed by atoms with Gasteiger partial charge in [0.15, 0.2) is 5.78 Å². The maximum Gasteiger partial charge on any atom is 0.155 e. The lowest BCUT2D eigenvalue weighted by molar-refractivity contribution is -0.128. The van der Waals surface area contributed by atoms with Gasteiger partial charge in [0.2, 0.25) is 0 Å². The molecular weight excluding hydrogens is 320 g/mol. The van der Waals surface area contributed by atoms with Crippen molar-refractivity contribution in [1.82, 2.24) is 0 Å². The Hall–Kier alpha value is -1.18. The highest BCUT2D eigenvalue weighted by Crippen LogP contribution is 2.66. The van der Waals surface area contributed by atoms with Gasteiger partial charge in [0.05, 0.1) is 0 Å². The summed E-state index contributed by atoms with van der Waals surface area (Å²) in [7, 11) is 0. The van der Waals surface area contributed by atoms with Crippen LogP contribution in [0.3, 0.4) is 0 Å². The van der Waals surface area contributed by atoms with Crippen LogP contribution in [0.4, 0.5) is 0 Å². The number of ketones is 2. The van der Waals surface area contributed by atoms with Crippen molar-refractivity contribution in [3.05, 3.63) is 23.3 Å². The van der Waals surface area contributed by atoms with E-state index in [1.54, 1.807) is 5.57 Å². The van der Waals surface area contributed by atoms with Gasteiger partial charge in [-0.15, -0.1) is 0 Å². The third-order valence-electron chi connectivity index (χ3n) is 8.70. The van der Waals surface area contributed by atoms with Gasteiger partial charge in [0, 0.05) is 24.2 Å². The van der Waals surface area contributed by atoms with Crippen molar-refractivity contribution in [3.63, 3.8) is 0 Å². The zero-order valence-corrected chi connectivity index (χ0v) is 17.1. The summed E-state index contributed by atoms with van der Waals surface area (Å²) in [4.78, 5) is 24.8. The SMILES string of the molecule is CCC(=O)[C@H]1[C@H](C)CC2C3C[C@H](C)C4=CC(=O)CC[C@]4(C)C3=CC[C@@]21C. The molecule has 0 aliphatic heterocycles. The molecule has 0 aromatic heterocycles. The van der Waals surface area contributed by atoms with Crippen molar-refractivity contribution >= 4 is 11.6 Å². The smallest absolute Gasteiger partial charge is 0.155 e. The van der Waals surface area contributed by atoms with Crippen molar-refractivity contribution < 1.29 is 9.59 Å². The maximum atomic E-state index is 12.8. The maximum absolute atomic E-state index is 12.8. The molecule has 0 heterocycles. The Balaban J connectivity index is 1.77. The van der Waals surface area contributed by atoms with E-state index >= 15 is 0 Å². The van der Waals surface area contributed by atoms with Crippen LogP contribution < -0.4 is 0 Å². The average molecular weight is 355 g/mol. The fourth-order valence-corrected chi connectivity index (χ4v) is 7.54. The molecule has 2 nitrogen and oxygen atoms in total. The normalized spacial score (nSPS) is 47.4. The number of carbonyl (C=O) groups is 2. The molecule has 0 aromatic carbocycles. The minimum absolute atomic E-state index is 0.0770. The molecule has 0 spiro atoms. The molecule has 4 rings (SSSR count). The van der Waals surface area contributed by atoms with Gasteiger partial charge in [0.25, 0.3) is 0 Å². The molecule has 2 saturated carbocycles. The van der Waals surface area contributed by atoms with Gasteiger partial charge >= 0.3 is 0 Å². The summed E-state index contributed by atoms with van der Waals surface area (Å²) in [5.74, 6) is 3.20. The second kappa shape index (κ2) is 5.91. The molecule has 4 aliphatic rings. The lowest BCUT2D eigenvalue weighted by Crippen LogP contribution is -2.47. The molecule has 0 aromatic rings. The third kappa shape index (κ3) is 2.29. The Morgan fingerprint density at radius 3 is 2.62 bits per heavy atom. The average Bonchev–Trinajstić information content (AvgIpc) is 2.86. The molecule has 2 unspecified atom stereocenters. The summed E-state index contributed by atoms with van der Waals surface area (Å²) in [6.45, 7) is 11.4. The monoisotopic (exact) mass is 354 g/mol. The highest BCUT2D eigenvalue weighted by Gasteiger charge is 2.59. The second-order valence-electron chi connectivity index (χ2n) is 10.1. The topological polar surface area (TPSA) is 34.1 Å². The van der Waals surface area contributed by atoms with E-state index in [2.05, 4.69) is 33.8 Å². The van der Waals surface area contributed by atoms with Crippen LogP contribution in [-0.2, 0) is 9.59 Å². The van der Waals surface area contributed by atoms with E-state index in [1.807, 2.05) is 13.0 Å². The Morgan fingerprint density at radius 1 is 1.19 bits per heavy atom. The number of carbonyl (C=O) groups excluding carboxylic acids is 2. The zero-order valence-electron chi connectivity index (χ0n) is 17.1. The van der Waals surface area contributed by atoms with Gasteiger partial charge in [-0.25, -0.2) is 0 Å². The molecule has 2 fully saturated rings. The predicted octanol–water partition coefficient (Wildman–Crippen LogP) is 5.53. The van der Waals surface area contributed by atoms with Crippen molar-refractivity contribution in [2.45, 2.75) is 73.1 Å². The first kappa shape index (κ1) is 18.2. The number of hydrogen-bond acceptors (Lipinski definition) is 2.